The highest BCUT2D eigenvalue weighted by molar-refractivity contribution is 6.01. The average molecular weight is 277 g/mol. The molecule has 1 fully saturated rings. The fourth-order valence-corrected chi connectivity index (χ4v) is 2.19. The third kappa shape index (κ3) is 2.62. The number of amides is 2. The Morgan fingerprint density at radius 2 is 2.20 bits per heavy atom. The normalized spacial score (nSPS) is 19.8. The van der Waals surface area contributed by atoms with E-state index >= 15 is 0 Å². The summed E-state index contributed by atoms with van der Waals surface area (Å²) in [5.41, 5.74) is 6.32. The molecule has 7 heteroatoms. The molecule has 1 aliphatic heterocycles. The summed E-state index contributed by atoms with van der Waals surface area (Å²) >= 11 is 0. The predicted octanol–water partition coefficient (Wildman–Crippen LogP) is -0.186. The Bertz CT molecular complexity index is 585. The Labute approximate surface area is 115 Å². The van der Waals surface area contributed by atoms with Crippen molar-refractivity contribution in [2.45, 2.75) is 19.5 Å². The summed E-state index contributed by atoms with van der Waals surface area (Å²) < 4.78 is 0. The van der Waals surface area contributed by atoms with E-state index in [9.17, 15) is 19.5 Å². The number of anilines is 1. The highest BCUT2D eigenvalue weighted by Gasteiger charge is 2.31. The summed E-state index contributed by atoms with van der Waals surface area (Å²) in [5.74, 6) is -1.91. The van der Waals surface area contributed by atoms with Crippen LogP contribution in [0.2, 0.25) is 0 Å². The van der Waals surface area contributed by atoms with E-state index in [0.29, 0.717) is 5.56 Å². The molecule has 1 heterocycles. The van der Waals surface area contributed by atoms with Crippen LogP contribution in [0.5, 0.6) is 0 Å². The lowest BCUT2D eigenvalue weighted by Gasteiger charge is -2.31. The molecule has 2 amide bonds. The number of hydrogen-bond acceptors (Lipinski definition) is 5. The molecule has 0 aliphatic carbocycles. The van der Waals surface area contributed by atoms with Crippen molar-refractivity contribution < 1.29 is 19.5 Å². The van der Waals surface area contributed by atoms with Gasteiger partial charge < -0.3 is 10.8 Å². The van der Waals surface area contributed by atoms with Crippen molar-refractivity contribution in [3.63, 3.8) is 0 Å². The molecule has 20 heavy (non-hydrogen) atoms. The van der Waals surface area contributed by atoms with Crippen LogP contribution in [0.1, 0.15) is 22.8 Å². The van der Waals surface area contributed by atoms with Crippen molar-refractivity contribution in [3.05, 3.63) is 29.3 Å². The van der Waals surface area contributed by atoms with Gasteiger partial charge in [-0.05, 0) is 18.6 Å². The third-order valence-corrected chi connectivity index (χ3v) is 3.31. The molecule has 0 saturated carbocycles. The van der Waals surface area contributed by atoms with Crippen molar-refractivity contribution in [2.75, 3.05) is 12.3 Å². The van der Waals surface area contributed by atoms with Gasteiger partial charge in [-0.15, -0.1) is 0 Å². The first kappa shape index (κ1) is 14.0. The fraction of sp³-hybridized carbons (Fsp3) is 0.308. The zero-order chi connectivity index (χ0) is 14.9. The van der Waals surface area contributed by atoms with Crippen LogP contribution < -0.4 is 11.1 Å². The molecule has 0 radical (unpaired) electrons. The smallest absolute Gasteiger partial charge is 0.338 e. The Hall–Kier alpha value is -2.41. The fourth-order valence-electron chi connectivity index (χ4n) is 2.19. The number of nitrogens with two attached hydrogens (primary N) is 1. The number of nitrogen functional groups attached to an aromatic ring is 1. The quantitative estimate of drug-likeness (QED) is 0.521. The summed E-state index contributed by atoms with van der Waals surface area (Å²) in [7, 11) is 0. The molecule has 1 saturated heterocycles. The van der Waals surface area contributed by atoms with Crippen molar-refractivity contribution in [3.8, 4) is 0 Å². The van der Waals surface area contributed by atoms with Gasteiger partial charge in [0.1, 0.15) is 0 Å². The lowest BCUT2D eigenvalue weighted by molar-refractivity contribution is -0.139. The van der Waals surface area contributed by atoms with Crippen LogP contribution in [-0.2, 0) is 16.1 Å². The molecule has 1 atom stereocenters. The highest BCUT2D eigenvalue weighted by atomic mass is 16.4. The van der Waals surface area contributed by atoms with Crippen LogP contribution in [-0.4, -0.2) is 40.4 Å². The number of carboxylic acid groups (broad SMARTS) is 1. The number of carbonyl (C=O) groups is 3. The first-order chi connectivity index (χ1) is 9.40. The lowest BCUT2D eigenvalue weighted by Crippen LogP contribution is -2.56. The Balaban J connectivity index is 2.30. The number of hydrogen-bond donors (Lipinski definition) is 3. The molecular formula is C13H15N3O4. The van der Waals surface area contributed by atoms with Crippen molar-refractivity contribution in [2.24, 2.45) is 0 Å². The molecule has 0 spiro atoms. The molecular weight excluding hydrogens is 262 g/mol. The zero-order valence-corrected chi connectivity index (χ0v) is 10.9. The van der Waals surface area contributed by atoms with Gasteiger partial charge in [0.15, 0.2) is 0 Å². The van der Waals surface area contributed by atoms with Gasteiger partial charge in [0.05, 0.1) is 18.2 Å². The number of aromatic carboxylic acids is 1. The third-order valence-electron chi connectivity index (χ3n) is 3.31. The van der Waals surface area contributed by atoms with Crippen LogP contribution in [0.3, 0.4) is 0 Å². The van der Waals surface area contributed by atoms with E-state index in [1.54, 1.807) is 24.0 Å². The van der Waals surface area contributed by atoms with E-state index in [-0.39, 0.29) is 30.2 Å². The molecule has 1 aromatic rings. The van der Waals surface area contributed by atoms with Gasteiger partial charge in [0.25, 0.3) is 0 Å². The summed E-state index contributed by atoms with van der Waals surface area (Å²) in [6.45, 7) is 1.88. The van der Waals surface area contributed by atoms with Gasteiger partial charge in [0.2, 0.25) is 11.8 Å². The maximum absolute atomic E-state index is 11.6. The molecule has 2 rings (SSSR count). The summed E-state index contributed by atoms with van der Waals surface area (Å²) in [6, 6.07) is 4.28. The van der Waals surface area contributed by atoms with Gasteiger partial charge in [0, 0.05) is 12.2 Å². The summed E-state index contributed by atoms with van der Waals surface area (Å²) in [6.07, 6.45) is 0. The van der Waals surface area contributed by atoms with E-state index in [1.165, 1.54) is 6.07 Å². The number of benzene rings is 1. The van der Waals surface area contributed by atoms with Crippen molar-refractivity contribution in [1.29, 1.82) is 0 Å². The van der Waals surface area contributed by atoms with E-state index in [2.05, 4.69) is 5.32 Å². The van der Waals surface area contributed by atoms with E-state index in [1.807, 2.05) is 0 Å². The number of imide groups is 1. The van der Waals surface area contributed by atoms with Crippen LogP contribution in [0.25, 0.3) is 0 Å². The van der Waals surface area contributed by atoms with E-state index < -0.39 is 17.9 Å². The van der Waals surface area contributed by atoms with Crippen LogP contribution in [0.15, 0.2) is 18.2 Å². The SMILES string of the molecule is CC1C(=O)NC(=O)CN1Cc1cccc(N)c1C(=O)O. The highest BCUT2D eigenvalue weighted by Crippen LogP contribution is 2.20. The molecule has 1 unspecified atom stereocenters. The van der Waals surface area contributed by atoms with Crippen LogP contribution in [0.4, 0.5) is 5.69 Å². The van der Waals surface area contributed by atoms with Crippen molar-refractivity contribution in [1.82, 2.24) is 10.2 Å². The second kappa shape index (κ2) is 5.30. The zero-order valence-electron chi connectivity index (χ0n) is 10.9. The van der Waals surface area contributed by atoms with Gasteiger partial charge in [-0.2, -0.15) is 0 Å². The molecule has 7 nitrogen and oxygen atoms in total. The number of piperazine rings is 1. The number of rotatable bonds is 3. The molecule has 1 aromatic carbocycles. The van der Waals surface area contributed by atoms with Gasteiger partial charge in [-0.3, -0.25) is 19.8 Å². The lowest BCUT2D eigenvalue weighted by atomic mass is 10.0. The van der Waals surface area contributed by atoms with E-state index in [4.69, 9.17) is 5.73 Å². The summed E-state index contributed by atoms with van der Waals surface area (Å²) in [5, 5.41) is 11.4. The number of nitrogens with zero attached hydrogens (tertiary/aromatic N) is 1. The Kier molecular flexibility index (Phi) is 3.71. The average Bonchev–Trinajstić information content (AvgIpc) is 2.35. The molecule has 106 valence electrons. The van der Waals surface area contributed by atoms with Gasteiger partial charge >= 0.3 is 5.97 Å². The monoisotopic (exact) mass is 277 g/mol. The second-order valence-electron chi connectivity index (χ2n) is 4.68. The standard InChI is InChI=1S/C13H15N3O4/c1-7-12(18)15-10(17)6-16(7)5-8-3-2-4-9(14)11(8)13(19)20/h2-4,7H,5-6,14H2,1H3,(H,19,20)(H,15,17,18). The minimum Gasteiger partial charge on any atom is -0.478 e. The molecule has 0 bridgehead atoms. The number of carbonyl (C=O) groups excluding carboxylic acids is 2. The van der Waals surface area contributed by atoms with Crippen LogP contribution >= 0.6 is 0 Å². The topological polar surface area (TPSA) is 113 Å². The first-order valence-corrected chi connectivity index (χ1v) is 6.08. The minimum absolute atomic E-state index is 0.0122. The van der Waals surface area contributed by atoms with Gasteiger partial charge in [-0.25, -0.2) is 4.79 Å². The number of carboxylic acids is 1. The molecule has 4 N–H and O–H groups in total. The second-order valence-corrected chi connectivity index (χ2v) is 4.68. The van der Waals surface area contributed by atoms with E-state index in [0.717, 1.165) is 0 Å². The maximum Gasteiger partial charge on any atom is 0.338 e. The van der Waals surface area contributed by atoms with Crippen LogP contribution in [0, 0.1) is 0 Å². The number of nitrogens with one attached hydrogen (secondary N) is 1. The minimum atomic E-state index is -1.13. The predicted molar refractivity (Wildman–Crippen MR) is 70.8 cm³/mol. The Morgan fingerprint density at radius 1 is 1.50 bits per heavy atom. The maximum atomic E-state index is 11.6. The van der Waals surface area contributed by atoms with Crippen molar-refractivity contribution >= 4 is 23.5 Å². The summed E-state index contributed by atoms with van der Waals surface area (Å²) in [4.78, 5) is 35.8. The van der Waals surface area contributed by atoms with Gasteiger partial charge in [-0.1, -0.05) is 12.1 Å². The molecule has 1 aliphatic rings. The molecule has 0 aromatic heterocycles. The largest absolute Gasteiger partial charge is 0.478 e. The first-order valence-electron chi connectivity index (χ1n) is 6.08. The Morgan fingerprint density at radius 3 is 2.85 bits per heavy atom.